The number of nitrogens with zero attached hydrogens (tertiary/aromatic N) is 3. The largest absolute Gasteiger partial charge is 0.439 e. The normalized spacial score (nSPS) is 10.5. The summed E-state index contributed by atoms with van der Waals surface area (Å²) in [5, 5.41) is 6.73. The van der Waals surface area contributed by atoms with Gasteiger partial charge < -0.3 is 10.1 Å². The molecule has 0 fully saturated rings. The van der Waals surface area contributed by atoms with E-state index >= 15 is 0 Å². The van der Waals surface area contributed by atoms with Crippen LogP contribution in [0.2, 0.25) is 0 Å². The van der Waals surface area contributed by atoms with Crippen molar-refractivity contribution in [3.8, 4) is 11.6 Å². The van der Waals surface area contributed by atoms with Crippen molar-refractivity contribution >= 4 is 17.4 Å². The molecule has 0 aliphatic heterocycles. The lowest BCUT2D eigenvalue weighted by atomic mass is 10.2. The number of ether oxygens (including phenoxy) is 1. The van der Waals surface area contributed by atoms with E-state index in [9.17, 15) is 9.18 Å². The number of hydrogen-bond donors (Lipinski definition) is 1. The van der Waals surface area contributed by atoms with Gasteiger partial charge in [-0.3, -0.25) is 4.79 Å². The lowest BCUT2D eigenvalue weighted by Crippen LogP contribution is -2.23. The molecule has 3 aromatic rings. The quantitative estimate of drug-likeness (QED) is 0.731. The van der Waals surface area contributed by atoms with E-state index in [1.807, 2.05) is 6.92 Å². The van der Waals surface area contributed by atoms with Gasteiger partial charge in [-0.2, -0.15) is 0 Å². The summed E-state index contributed by atoms with van der Waals surface area (Å²) in [5.41, 5.74) is 1.51. The number of hydrogen-bond acceptors (Lipinski definition) is 6. The van der Waals surface area contributed by atoms with Gasteiger partial charge in [0.1, 0.15) is 16.4 Å². The van der Waals surface area contributed by atoms with E-state index in [2.05, 4.69) is 19.9 Å². The molecule has 1 N–H and O–H groups in total. The molecule has 0 saturated carbocycles. The molecule has 0 aliphatic carbocycles. The monoisotopic (exact) mass is 358 g/mol. The van der Waals surface area contributed by atoms with Gasteiger partial charge in [0, 0.05) is 24.9 Å². The molecule has 0 radical (unpaired) electrons. The maximum Gasteiger partial charge on any atom is 0.265 e. The van der Waals surface area contributed by atoms with E-state index < -0.39 is 0 Å². The van der Waals surface area contributed by atoms with E-state index in [0.717, 1.165) is 17.1 Å². The average molecular weight is 358 g/mol. The van der Waals surface area contributed by atoms with E-state index in [4.69, 9.17) is 4.74 Å². The van der Waals surface area contributed by atoms with Crippen LogP contribution >= 0.6 is 11.5 Å². The fraction of sp³-hybridized carbons (Fsp3) is 0.176. The molecule has 0 aliphatic rings. The number of carbonyl (C=O) groups excluding carboxylic acids is 1. The zero-order valence-corrected chi connectivity index (χ0v) is 14.2. The van der Waals surface area contributed by atoms with Crippen LogP contribution in [0.4, 0.5) is 4.39 Å². The van der Waals surface area contributed by atoms with Gasteiger partial charge in [-0.1, -0.05) is 23.5 Å². The molecule has 0 saturated heterocycles. The number of halogens is 1. The number of pyridine rings is 1. The highest BCUT2D eigenvalue weighted by atomic mass is 32.1. The number of rotatable bonds is 6. The van der Waals surface area contributed by atoms with Crippen LogP contribution in [-0.4, -0.2) is 20.5 Å². The lowest BCUT2D eigenvalue weighted by Gasteiger charge is -2.07. The van der Waals surface area contributed by atoms with Crippen molar-refractivity contribution < 1.29 is 13.9 Å². The Morgan fingerprint density at radius 1 is 1.32 bits per heavy atom. The third-order valence-corrected chi connectivity index (χ3v) is 4.13. The van der Waals surface area contributed by atoms with Crippen LogP contribution in [0.1, 0.15) is 27.9 Å². The first-order valence-corrected chi connectivity index (χ1v) is 8.41. The Hall–Kier alpha value is -2.87. The molecular weight excluding hydrogens is 343 g/mol. The molecule has 1 aromatic carbocycles. The number of aromatic nitrogens is 3. The van der Waals surface area contributed by atoms with Crippen LogP contribution in [-0.2, 0) is 13.0 Å². The number of nitrogens with one attached hydrogen (secondary N) is 1. The second-order valence-electron chi connectivity index (χ2n) is 5.15. The minimum Gasteiger partial charge on any atom is -0.439 e. The van der Waals surface area contributed by atoms with E-state index in [1.165, 1.54) is 12.1 Å². The summed E-state index contributed by atoms with van der Waals surface area (Å²) < 4.78 is 22.4. The Morgan fingerprint density at radius 3 is 2.92 bits per heavy atom. The van der Waals surface area contributed by atoms with Gasteiger partial charge in [0.2, 0.25) is 5.88 Å². The van der Waals surface area contributed by atoms with Crippen molar-refractivity contribution in [2.45, 2.75) is 19.9 Å². The van der Waals surface area contributed by atoms with Crippen LogP contribution in [0.15, 0.2) is 42.6 Å². The van der Waals surface area contributed by atoms with Gasteiger partial charge in [-0.15, -0.1) is 5.10 Å². The number of carbonyl (C=O) groups is 1. The van der Waals surface area contributed by atoms with Crippen molar-refractivity contribution in [3.05, 3.63) is 64.5 Å². The van der Waals surface area contributed by atoms with Crippen molar-refractivity contribution in [1.82, 2.24) is 19.9 Å². The summed E-state index contributed by atoms with van der Waals surface area (Å²) in [7, 11) is 0. The fourth-order valence-corrected chi connectivity index (χ4v) is 2.77. The molecule has 6 nitrogen and oxygen atoms in total. The second-order valence-corrected chi connectivity index (χ2v) is 5.90. The molecule has 1 amide bonds. The van der Waals surface area contributed by atoms with Crippen molar-refractivity contribution in [2.75, 3.05) is 0 Å². The van der Waals surface area contributed by atoms with Gasteiger partial charge in [0.25, 0.3) is 5.91 Å². The SMILES string of the molecule is CCc1nnsc1C(=O)NCc1ccc(Oc2cccc(F)c2)nc1. The standard InChI is InChI=1S/C17H15FN4O2S/c1-2-14-16(25-22-21-14)17(23)20-10-11-6-7-15(19-9-11)24-13-5-3-4-12(18)8-13/h3-9H,2,10H2,1H3,(H,20,23). The third kappa shape index (κ3) is 4.36. The Balaban J connectivity index is 1.58. The molecule has 0 spiro atoms. The summed E-state index contributed by atoms with van der Waals surface area (Å²) in [6.45, 7) is 2.25. The highest BCUT2D eigenvalue weighted by Crippen LogP contribution is 2.20. The lowest BCUT2D eigenvalue weighted by molar-refractivity contribution is 0.0954. The fourth-order valence-electron chi connectivity index (χ4n) is 2.10. The van der Waals surface area contributed by atoms with Crippen LogP contribution in [0.25, 0.3) is 0 Å². The molecule has 0 bridgehead atoms. The zero-order chi connectivity index (χ0) is 17.6. The number of amides is 1. The predicted octanol–water partition coefficient (Wildman–Crippen LogP) is 3.36. The van der Waals surface area contributed by atoms with E-state index in [1.54, 1.807) is 30.5 Å². The average Bonchev–Trinajstić information content (AvgIpc) is 3.10. The van der Waals surface area contributed by atoms with E-state index in [-0.39, 0.29) is 11.7 Å². The first-order valence-electron chi connectivity index (χ1n) is 7.63. The third-order valence-electron chi connectivity index (χ3n) is 3.37. The van der Waals surface area contributed by atoms with E-state index in [0.29, 0.717) is 35.2 Å². The summed E-state index contributed by atoms with van der Waals surface area (Å²) in [6, 6.07) is 9.28. The highest BCUT2D eigenvalue weighted by molar-refractivity contribution is 7.08. The molecule has 0 unspecified atom stereocenters. The maximum atomic E-state index is 13.1. The highest BCUT2D eigenvalue weighted by Gasteiger charge is 2.14. The van der Waals surface area contributed by atoms with Crippen LogP contribution in [0, 0.1) is 5.82 Å². The first-order chi connectivity index (χ1) is 12.2. The minimum absolute atomic E-state index is 0.202. The molecule has 25 heavy (non-hydrogen) atoms. The predicted molar refractivity (Wildman–Crippen MR) is 91.2 cm³/mol. The minimum atomic E-state index is -0.374. The van der Waals surface area contributed by atoms with Gasteiger partial charge >= 0.3 is 0 Å². The Morgan fingerprint density at radius 2 is 2.20 bits per heavy atom. The van der Waals surface area contributed by atoms with Gasteiger partial charge in [-0.05, 0) is 35.6 Å². The topological polar surface area (TPSA) is 77.0 Å². The zero-order valence-electron chi connectivity index (χ0n) is 13.4. The van der Waals surface area contributed by atoms with Gasteiger partial charge in [0.05, 0.1) is 5.69 Å². The molecule has 3 rings (SSSR count). The van der Waals surface area contributed by atoms with Crippen LogP contribution in [0.5, 0.6) is 11.6 Å². The summed E-state index contributed by atoms with van der Waals surface area (Å²) >= 11 is 1.08. The van der Waals surface area contributed by atoms with Gasteiger partial charge in [-0.25, -0.2) is 9.37 Å². The molecule has 2 heterocycles. The molecule has 0 atom stereocenters. The Labute approximate surface area is 147 Å². The number of aryl methyl sites for hydroxylation is 1. The van der Waals surface area contributed by atoms with Crippen LogP contribution in [0.3, 0.4) is 0 Å². The summed E-state index contributed by atoms with van der Waals surface area (Å²) in [5.74, 6) is 0.145. The maximum absolute atomic E-state index is 13.1. The smallest absolute Gasteiger partial charge is 0.265 e. The van der Waals surface area contributed by atoms with Crippen molar-refractivity contribution in [2.24, 2.45) is 0 Å². The van der Waals surface area contributed by atoms with Crippen molar-refractivity contribution in [3.63, 3.8) is 0 Å². The van der Waals surface area contributed by atoms with Crippen LogP contribution < -0.4 is 10.1 Å². The molecular formula is C17H15FN4O2S. The van der Waals surface area contributed by atoms with Gasteiger partial charge in [0.15, 0.2) is 0 Å². The summed E-state index contributed by atoms with van der Waals surface area (Å²) in [4.78, 5) is 16.8. The second kappa shape index (κ2) is 7.80. The Bertz CT molecular complexity index is 867. The first kappa shape index (κ1) is 17.0. The summed E-state index contributed by atoms with van der Waals surface area (Å²) in [6.07, 6.45) is 2.26. The molecule has 128 valence electrons. The molecule has 2 aromatic heterocycles. The number of benzene rings is 1. The van der Waals surface area contributed by atoms with Crippen molar-refractivity contribution in [1.29, 1.82) is 0 Å². The molecule has 8 heteroatoms. The Kier molecular flexibility index (Phi) is 5.30.